The summed E-state index contributed by atoms with van der Waals surface area (Å²) in [7, 11) is -3.85. The van der Waals surface area contributed by atoms with Crippen LogP contribution in [0, 0.1) is 0 Å². The summed E-state index contributed by atoms with van der Waals surface area (Å²) in [4.78, 5) is 9.08. The standard InChI is InChI=1S/C20H14N2O3S/c23-26(24,17-6-2-1-3-7-17)25-16-12-10-15(11-13-16)20-14-21-18-8-4-5-9-19(18)22-20/h1-14H. The number of fused-ring (bicyclic) bond motifs is 1. The molecule has 5 nitrogen and oxygen atoms in total. The van der Waals surface area contributed by atoms with Crippen molar-refractivity contribution in [3.05, 3.63) is 85.1 Å². The maximum Gasteiger partial charge on any atom is 0.339 e. The highest BCUT2D eigenvalue weighted by atomic mass is 32.2. The van der Waals surface area contributed by atoms with E-state index in [2.05, 4.69) is 9.97 Å². The quantitative estimate of drug-likeness (QED) is 0.512. The summed E-state index contributed by atoms with van der Waals surface area (Å²) in [5.41, 5.74) is 3.16. The van der Waals surface area contributed by atoms with Gasteiger partial charge in [0.1, 0.15) is 10.6 Å². The van der Waals surface area contributed by atoms with Crippen molar-refractivity contribution in [3.63, 3.8) is 0 Å². The van der Waals surface area contributed by atoms with Crippen molar-refractivity contribution in [1.82, 2.24) is 9.97 Å². The molecule has 0 N–H and O–H groups in total. The minimum absolute atomic E-state index is 0.115. The van der Waals surface area contributed by atoms with Gasteiger partial charge in [-0.15, -0.1) is 0 Å². The largest absolute Gasteiger partial charge is 0.379 e. The number of hydrogen-bond donors (Lipinski definition) is 0. The SMILES string of the molecule is O=S(=O)(Oc1ccc(-c2cnc3ccccc3n2)cc1)c1ccccc1. The van der Waals surface area contributed by atoms with Crippen LogP contribution in [0.5, 0.6) is 5.75 Å². The van der Waals surface area contributed by atoms with E-state index >= 15 is 0 Å². The summed E-state index contributed by atoms with van der Waals surface area (Å²) < 4.78 is 29.7. The van der Waals surface area contributed by atoms with Crippen LogP contribution in [0.25, 0.3) is 22.3 Å². The summed E-state index contributed by atoms with van der Waals surface area (Å²) in [5, 5.41) is 0. The Kier molecular flexibility index (Phi) is 4.10. The Labute approximate surface area is 151 Å². The maximum absolute atomic E-state index is 12.3. The number of benzene rings is 3. The molecule has 0 aliphatic heterocycles. The zero-order chi connectivity index (χ0) is 18.0. The molecule has 1 heterocycles. The molecule has 0 aliphatic rings. The summed E-state index contributed by atoms with van der Waals surface area (Å²) in [6, 6.07) is 22.4. The molecule has 0 amide bonds. The smallest absolute Gasteiger partial charge is 0.339 e. The topological polar surface area (TPSA) is 69.2 Å². The molecule has 26 heavy (non-hydrogen) atoms. The van der Waals surface area contributed by atoms with E-state index in [1.807, 2.05) is 24.3 Å². The molecule has 1 aromatic heterocycles. The average Bonchev–Trinajstić information content (AvgIpc) is 2.69. The second kappa shape index (κ2) is 6.57. The summed E-state index contributed by atoms with van der Waals surface area (Å²) in [5.74, 6) is 0.242. The first-order chi connectivity index (χ1) is 12.6. The Morgan fingerprint density at radius 1 is 0.731 bits per heavy atom. The van der Waals surface area contributed by atoms with Crippen LogP contribution in [0.1, 0.15) is 0 Å². The minimum Gasteiger partial charge on any atom is -0.379 e. The van der Waals surface area contributed by atoms with Crippen LogP contribution < -0.4 is 4.18 Å². The van der Waals surface area contributed by atoms with Gasteiger partial charge >= 0.3 is 10.1 Å². The molecule has 0 atom stereocenters. The highest BCUT2D eigenvalue weighted by molar-refractivity contribution is 7.87. The second-order valence-electron chi connectivity index (χ2n) is 5.62. The third-order valence-electron chi connectivity index (χ3n) is 3.84. The van der Waals surface area contributed by atoms with E-state index in [0.717, 1.165) is 16.6 Å². The number of rotatable bonds is 4. The summed E-state index contributed by atoms with van der Waals surface area (Å²) in [6.45, 7) is 0. The lowest BCUT2D eigenvalue weighted by molar-refractivity contribution is 0.486. The van der Waals surface area contributed by atoms with Gasteiger partial charge < -0.3 is 4.18 Å². The van der Waals surface area contributed by atoms with E-state index in [0.29, 0.717) is 5.69 Å². The van der Waals surface area contributed by atoms with Crippen molar-refractivity contribution in [2.45, 2.75) is 4.90 Å². The molecule has 0 saturated heterocycles. The van der Waals surface area contributed by atoms with Gasteiger partial charge in [0.05, 0.1) is 22.9 Å². The zero-order valence-electron chi connectivity index (χ0n) is 13.6. The minimum atomic E-state index is -3.85. The average molecular weight is 362 g/mol. The van der Waals surface area contributed by atoms with Crippen LogP contribution in [0.4, 0.5) is 0 Å². The molecular formula is C20H14N2O3S. The van der Waals surface area contributed by atoms with Crippen molar-refractivity contribution < 1.29 is 12.6 Å². The maximum atomic E-state index is 12.3. The summed E-state index contributed by atoms with van der Waals surface area (Å²) in [6.07, 6.45) is 1.69. The van der Waals surface area contributed by atoms with Gasteiger partial charge in [-0.2, -0.15) is 8.42 Å². The van der Waals surface area contributed by atoms with Crippen molar-refractivity contribution in [2.75, 3.05) is 0 Å². The Morgan fingerprint density at radius 2 is 1.38 bits per heavy atom. The lowest BCUT2D eigenvalue weighted by atomic mass is 10.1. The van der Waals surface area contributed by atoms with Gasteiger partial charge in [-0.1, -0.05) is 30.3 Å². The van der Waals surface area contributed by atoms with Crippen LogP contribution in [0.15, 0.2) is 90.0 Å². The number of hydrogen-bond acceptors (Lipinski definition) is 5. The highest BCUT2D eigenvalue weighted by Crippen LogP contribution is 2.24. The van der Waals surface area contributed by atoms with Crippen LogP contribution in [0.3, 0.4) is 0 Å². The third kappa shape index (κ3) is 3.27. The second-order valence-corrected chi connectivity index (χ2v) is 7.17. The fourth-order valence-corrected chi connectivity index (χ4v) is 3.49. The molecule has 4 rings (SSSR count). The van der Waals surface area contributed by atoms with Gasteiger partial charge in [-0.25, -0.2) is 4.98 Å². The Balaban J connectivity index is 1.60. The number of para-hydroxylation sites is 2. The summed E-state index contributed by atoms with van der Waals surface area (Å²) >= 11 is 0. The first-order valence-corrected chi connectivity index (χ1v) is 9.34. The Morgan fingerprint density at radius 3 is 2.12 bits per heavy atom. The van der Waals surface area contributed by atoms with E-state index in [-0.39, 0.29) is 10.6 Å². The fourth-order valence-electron chi connectivity index (χ4n) is 2.54. The third-order valence-corrected chi connectivity index (χ3v) is 5.10. The van der Waals surface area contributed by atoms with Crippen LogP contribution in [-0.4, -0.2) is 18.4 Å². The Hall–Kier alpha value is -3.25. The molecular weight excluding hydrogens is 348 g/mol. The molecule has 0 bridgehead atoms. The normalized spacial score (nSPS) is 11.4. The number of nitrogens with zero attached hydrogens (tertiary/aromatic N) is 2. The lowest BCUT2D eigenvalue weighted by Gasteiger charge is -2.08. The molecule has 0 fully saturated rings. The predicted octanol–water partition coefficient (Wildman–Crippen LogP) is 4.06. The molecule has 128 valence electrons. The molecule has 6 heteroatoms. The van der Waals surface area contributed by atoms with Crippen molar-refractivity contribution in [3.8, 4) is 17.0 Å². The fraction of sp³-hybridized carbons (Fsp3) is 0. The Bertz CT molecular complexity index is 1160. The van der Waals surface area contributed by atoms with Crippen molar-refractivity contribution in [2.24, 2.45) is 0 Å². The van der Waals surface area contributed by atoms with Crippen molar-refractivity contribution in [1.29, 1.82) is 0 Å². The van der Waals surface area contributed by atoms with Gasteiger partial charge in [0.25, 0.3) is 0 Å². The molecule has 3 aromatic carbocycles. The first kappa shape index (κ1) is 16.2. The number of aromatic nitrogens is 2. The van der Waals surface area contributed by atoms with Crippen LogP contribution in [-0.2, 0) is 10.1 Å². The van der Waals surface area contributed by atoms with Gasteiger partial charge in [0, 0.05) is 5.56 Å². The molecule has 0 spiro atoms. The van der Waals surface area contributed by atoms with E-state index < -0.39 is 10.1 Å². The first-order valence-electron chi connectivity index (χ1n) is 7.94. The lowest BCUT2D eigenvalue weighted by Crippen LogP contribution is -2.09. The van der Waals surface area contributed by atoms with Gasteiger partial charge in [-0.05, 0) is 48.5 Å². The van der Waals surface area contributed by atoms with Crippen LogP contribution in [0.2, 0.25) is 0 Å². The molecule has 0 aliphatic carbocycles. The van der Waals surface area contributed by atoms with E-state index in [9.17, 15) is 8.42 Å². The molecule has 0 saturated carbocycles. The van der Waals surface area contributed by atoms with Gasteiger partial charge in [-0.3, -0.25) is 4.98 Å². The monoisotopic (exact) mass is 362 g/mol. The van der Waals surface area contributed by atoms with Crippen LogP contribution >= 0.6 is 0 Å². The van der Waals surface area contributed by atoms with E-state index in [1.54, 1.807) is 48.7 Å². The van der Waals surface area contributed by atoms with E-state index in [1.165, 1.54) is 12.1 Å². The highest BCUT2D eigenvalue weighted by Gasteiger charge is 2.16. The molecule has 4 aromatic rings. The molecule has 0 unspecified atom stereocenters. The van der Waals surface area contributed by atoms with Gasteiger partial charge in [0.15, 0.2) is 0 Å². The van der Waals surface area contributed by atoms with Crippen molar-refractivity contribution >= 4 is 21.2 Å². The predicted molar refractivity (Wildman–Crippen MR) is 99.2 cm³/mol. The van der Waals surface area contributed by atoms with Gasteiger partial charge in [0.2, 0.25) is 0 Å². The van der Waals surface area contributed by atoms with E-state index in [4.69, 9.17) is 4.18 Å². The molecule has 0 radical (unpaired) electrons. The zero-order valence-corrected chi connectivity index (χ0v) is 14.4.